The zero-order valence-corrected chi connectivity index (χ0v) is 9.29. The summed E-state index contributed by atoms with van der Waals surface area (Å²) in [4.78, 5) is 0. The predicted molar refractivity (Wildman–Crippen MR) is 57.5 cm³/mol. The molecule has 15 heavy (non-hydrogen) atoms. The molecule has 0 amide bonds. The number of fused-ring (bicyclic) bond motifs is 1. The van der Waals surface area contributed by atoms with Gasteiger partial charge in [0, 0.05) is 12.0 Å². The second kappa shape index (κ2) is 3.42. The van der Waals surface area contributed by atoms with Crippen LogP contribution in [0.5, 0.6) is 11.5 Å². The van der Waals surface area contributed by atoms with E-state index in [9.17, 15) is 5.11 Å². The molecule has 1 aromatic carbocycles. The molecule has 2 rings (SSSR count). The van der Waals surface area contributed by atoms with Crippen molar-refractivity contribution in [2.75, 3.05) is 6.61 Å². The highest BCUT2D eigenvalue weighted by atomic mass is 16.5. The number of aliphatic hydroxyl groups is 1. The lowest BCUT2D eigenvalue weighted by Gasteiger charge is -2.13. The molecule has 1 heterocycles. The Labute approximate surface area is 89.3 Å². The van der Waals surface area contributed by atoms with E-state index in [4.69, 9.17) is 9.84 Å². The van der Waals surface area contributed by atoms with E-state index in [1.807, 2.05) is 20.8 Å². The number of aromatic hydroxyl groups is 1. The fraction of sp³-hybridized carbons (Fsp3) is 0.500. The summed E-state index contributed by atoms with van der Waals surface area (Å²) in [7, 11) is 0. The molecule has 0 fully saturated rings. The largest absolute Gasteiger partial charge is 0.507 e. The third kappa shape index (κ3) is 1.38. The lowest BCUT2D eigenvalue weighted by molar-refractivity contribution is 0.134. The van der Waals surface area contributed by atoms with Gasteiger partial charge in [-0.3, -0.25) is 0 Å². The van der Waals surface area contributed by atoms with Gasteiger partial charge in [-0.25, -0.2) is 0 Å². The van der Waals surface area contributed by atoms with Crippen LogP contribution in [0.15, 0.2) is 0 Å². The van der Waals surface area contributed by atoms with Gasteiger partial charge in [-0.05, 0) is 37.5 Å². The highest BCUT2D eigenvalue weighted by Gasteiger charge is 2.28. The fourth-order valence-electron chi connectivity index (χ4n) is 2.11. The Morgan fingerprint density at radius 3 is 2.47 bits per heavy atom. The Morgan fingerprint density at radius 1 is 1.20 bits per heavy atom. The SMILES string of the molecule is Cc1c(C)c2c(c(C)c1O)CC(CO)O2. The molecule has 0 aromatic heterocycles. The summed E-state index contributed by atoms with van der Waals surface area (Å²) in [5.41, 5.74) is 3.76. The van der Waals surface area contributed by atoms with E-state index in [2.05, 4.69) is 0 Å². The van der Waals surface area contributed by atoms with E-state index >= 15 is 0 Å². The lowest BCUT2D eigenvalue weighted by atomic mass is 9.96. The fourth-order valence-corrected chi connectivity index (χ4v) is 2.11. The lowest BCUT2D eigenvalue weighted by Crippen LogP contribution is -2.17. The van der Waals surface area contributed by atoms with E-state index in [1.165, 1.54) is 0 Å². The van der Waals surface area contributed by atoms with E-state index in [0.717, 1.165) is 28.0 Å². The molecule has 2 N–H and O–H groups in total. The standard InChI is InChI=1S/C12H16O3/c1-6-7(2)12-10(8(3)11(6)14)4-9(5-13)15-12/h9,13-14H,4-5H2,1-3H3. The molecule has 0 radical (unpaired) electrons. The van der Waals surface area contributed by atoms with Crippen molar-refractivity contribution >= 4 is 0 Å². The van der Waals surface area contributed by atoms with Gasteiger partial charge in [0.25, 0.3) is 0 Å². The maximum absolute atomic E-state index is 9.89. The van der Waals surface area contributed by atoms with Gasteiger partial charge >= 0.3 is 0 Å². The maximum Gasteiger partial charge on any atom is 0.126 e. The molecular weight excluding hydrogens is 192 g/mol. The number of ether oxygens (including phenoxy) is 1. The highest BCUT2D eigenvalue weighted by Crippen LogP contribution is 2.41. The second-order valence-electron chi connectivity index (χ2n) is 4.16. The molecule has 1 atom stereocenters. The summed E-state index contributed by atoms with van der Waals surface area (Å²) in [5.74, 6) is 1.20. The highest BCUT2D eigenvalue weighted by molar-refractivity contribution is 5.59. The normalized spacial score (nSPS) is 18.8. The van der Waals surface area contributed by atoms with Crippen molar-refractivity contribution in [3.63, 3.8) is 0 Å². The van der Waals surface area contributed by atoms with E-state index in [1.54, 1.807) is 0 Å². The summed E-state index contributed by atoms with van der Waals surface area (Å²) < 4.78 is 5.64. The summed E-state index contributed by atoms with van der Waals surface area (Å²) in [6.07, 6.45) is 0.533. The van der Waals surface area contributed by atoms with Crippen molar-refractivity contribution in [3.8, 4) is 11.5 Å². The molecule has 0 saturated heterocycles. The topological polar surface area (TPSA) is 49.7 Å². The van der Waals surface area contributed by atoms with Gasteiger partial charge < -0.3 is 14.9 Å². The number of hydrogen-bond acceptors (Lipinski definition) is 3. The van der Waals surface area contributed by atoms with Gasteiger partial charge in [0.05, 0.1) is 6.61 Å². The van der Waals surface area contributed by atoms with Crippen LogP contribution >= 0.6 is 0 Å². The van der Waals surface area contributed by atoms with Crippen LogP contribution in [0, 0.1) is 20.8 Å². The van der Waals surface area contributed by atoms with Crippen LogP contribution in [0.3, 0.4) is 0 Å². The van der Waals surface area contributed by atoms with Crippen LogP contribution in [-0.4, -0.2) is 22.9 Å². The molecule has 0 saturated carbocycles. The Bertz CT molecular complexity index is 373. The summed E-state index contributed by atoms with van der Waals surface area (Å²) in [6.45, 7) is 5.73. The molecule has 0 spiro atoms. The number of rotatable bonds is 1. The molecule has 3 heteroatoms. The van der Waals surface area contributed by atoms with Crippen molar-refractivity contribution in [2.24, 2.45) is 0 Å². The maximum atomic E-state index is 9.89. The molecule has 1 aliphatic heterocycles. The summed E-state index contributed by atoms with van der Waals surface area (Å²) >= 11 is 0. The molecule has 1 unspecified atom stereocenters. The third-order valence-electron chi connectivity index (χ3n) is 3.26. The summed E-state index contributed by atoms with van der Waals surface area (Å²) in [5, 5.41) is 19.0. The van der Waals surface area contributed by atoms with Crippen LogP contribution < -0.4 is 4.74 Å². The molecule has 3 nitrogen and oxygen atoms in total. The minimum absolute atomic E-state index is 0.0212. The van der Waals surface area contributed by atoms with Crippen LogP contribution in [0.25, 0.3) is 0 Å². The Balaban J connectivity index is 2.59. The van der Waals surface area contributed by atoms with Gasteiger partial charge in [0.15, 0.2) is 0 Å². The van der Waals surface area contributed by atoms with Gasteiger partial charge in [-0.2, -0.15) is 0 Å². The van der Waals surface area contributed by atoms with Crippen LogP contribution in [0.1, 0.15) is 22.3 Å². The van der Waals surface area contributed by atoms with Crippen molar-refractivity contribution in [1.82, 2.24) is 0 Å². The van der Waals surface area contributed by atoms with Crippen LogP contribution in [0.2, 0.25) is 0 Å². The number of hydrogen-bond donors (Lipinski definition) is 2. The van der Waals surface area contributed by atoms with E-state index in [0.29, 0.717) is 12.2 Å². The van der Waals surface area contributed by atoms with Crippen molar-refractivity contribution in [2.45, 2.75) is 33.3 Å². The first-order chi connectivity index (χ1) is 7.06. The predicted octanol–water partition coefficient (Wildman–Crippen LogP) is 1.61. The average Bonchev–Trinajstić information content (AvgIpc) is 2.67. The van der Waals surface area contributed by atoms with Gasteiger partial charge in [-0.15, -0.1) is 0 Å². The molecule has 82 valence electrons. The minimum Gasteiger partial charge on any atom is -0.507 e. The smallest absolute Gasteiger partial charge is 0.126 e. The molecule has 0 aliphatic carbocycles. The van der Waals surface area contributed by atoms with Crippen molar-refractivity contribution in [3.05, 3.63) is 22.3 Å². The number of benzene rings is 1. The number of phenols is 1. The average molecular weight is 208 g/mol. The van der Waals surface area contributed by atoms with Gasteiger partial charge in [-0.1, -0.05) is 0 Å². The summed E-state index contributed by atoms with van der Waals surface area (Å²) in [6, 6.07) is 0. The molecule has 0 bridgehead atoms. The van der Waals surface area contributed by atoms with Crippen molar-refractivity contribution in [1.29, 1.82) is 0 Å². The Hall–Kier alpha value is -1.22. The van der Waals surface area contributed by atoms with E-state index in [-0.39, 0.29) is 12.7 Å². The third-order valence-corrected chi connectivity index (χ3v) is 3.26. The monoisotopic (exact) mass is 208 g/mol. The first-order valence-corrected chi connectivity index (χ1v) is 5.15. The van der Waals surface area contributed by atoms with Crippen LogP contribution in [0.4, 0.5) is 0 Å². The van der Waals surface area contributed by atoms with Gasteiger partial charge in [0.1, 0.15) is 17.6 Å². The first-order valence-electron chi connectivity index (χ1n) is 5.15. The van der Waals surface area contributed by atoms with E-state index < -0.39 is 0 Å². The zero-order valence-electron chi connectivity index (χ0n) is 9.29. The molecule has 1 aliphatic rings. The van der Waals surface area contributed by atoms with Crippen molar-refractivity contribution < 1.29 is 14.9 Å². The first kappa shape index (κ1) is 10.3. The van der Waals surface area contributed by atoms with Gasteiger partial charge in [0.2, 0.25) is 0 Å². The zero-order chi connectivity index (χ0) is 11.2. The second-order valence-corrected chi connectivity index (χ2v) is 4.16. The quantitative estimate of drug-likeness (QED) is 0.737. The molecule has 1 aromatic rings. The number of aliphatic hydroxyl groups excluding tert-OH is 1. The Kier molecular flexibility index (Phi) is 2.35. The number of phenolic OH excluding ortho intramolecular Hbond substituents is 1. The molecular formula is C12H16O3. The van der Waals surface area contributed by atoms with Crippen LogP contribution in [-0.2, 0) is 6.42 Å². The Morgan fingerprint density at radius 2 is 1.87 bits per heavy atom. The minimum atomic E-state index is -0.154.